The Morgan fingerprint density at radius 1 is 1.12 bits per heavy atom. The zero-order chi connectivity index (χ0) is 12.3. The molecule has 1 aromatic heterocycles. The Labute approximate surface area is 101 Å². The van der Waals surface area contributed by atoms with Crippen molar-refractivity contribution in [1.82, 2.24) is 9.97 Å². The van der Waals surface area contributed by atoms with Crippen LogP contribution in [0.2, 0.25) is 0 Å². The van der Waals surface area contributed by atoms with E-state index in [9.17, 15) is 0 Å². The Hall–Kier alpha value is -2.10. The summed E-state index contributed by atoms with van der Waals surface area (Å²) in [4.78, 5) is 10.3. The number of nitrogens with two attached hydrogens (primary N) is 1. The van der Waals surface area contributed by atoms with Gasteiger partial charge in [-0.25, -0.2) is 9.97 Å². The Bertz CT molecular complexity index is 493. The molecular weight excluding hydrogens is 212 g/mol. The second kappa shape index (κ2) is 4.82. The first-order chi connectivity index (χ1) is 8.16. The second-order valence-electron chi connectivity index (χ2n) is 4.11. The molecule has 1 aromatic carbocycles. The maximum Gasteiger partial charge on any atom is 0.171 e. The molecule has 2 N–H and O–H groups in total. The summed E-state index contributed by atoms with van der Waals surface area (Å²) in [6.45, 7) is 2.84. The predicted octanol–water partition coefficient (Wildman–Crippen LogP) is 2.00. The van der Waals surface area contributed by atoms with Gasteiger partial charge in [0.05, 0.1) is 0 Å². The number of aryl methyl sites for hydroxylation is 1. The van der Waals surface area contributed by atoms with Gasteiger partial charge in [0.25, 0.3) is 0 Å². The molecule has 4 nitrogen and oxygen atoms in total. The average molecular weight is 228 g/mol. The van der Waals surface area contributed by atoms with E-state index in [4.69, 9.17) is 5.73 Å². The zero-order valence-corrected chi connectivity index (χ0v) is 10.1. The highest BCUT2D eigenvalue weighted by molar-refractivity contribution is 5.56. The van der Waals surface area contributed by atoms with E-state index < -0.39 is 0 Å². The van der Waals surface area contributed by atoms with Crippen molar-refractivity contribution < 1.29 is 0 Å². The lowest BCUT2D eigenvalue weighted by atomic mass is 10.1. The van der Waals surface area contributed by atoms with Crippen LogP contribution in [0, 0.1) is 6.92 Å². The summed E-state index contributed by atoms with van der Waals surface area (Å²) in [7, 11) is 1.96. The normalized spacial score (nSPS) is 10.2. The van der Waals surface area contributed by atoms with Crippen molar-refractivity contribution in [3.8, 4) is 0 Å². The summed E-state index contributed by atoms with van der Waals surface area (Å²) in [5.41, 5.74) is 8.27. The minimum absolute atomic E-state index is 0.460. The molecule has 0 spiro atoms. The molecule has 0 radical (unpaired) electrons. The molecule has 0 aliphatic heterocycles. The number of nitrogen functional groups attached to an aromatic ring is 1. The summed E-state index contributed by atoms with van der Waals surface area (Å²) >= 11 is 0. The van der Waals surface area contributed by atoms with Crippen molar-refractivity contribution in [1.29, 1.82) is 0 Å². The Kier molecular flexibility index (Phi) is 3.23. The van der Waals surface area contributed by atoms with Crippen LogP contribution in [0.15, 0.2) is 36.7 Å². The van der Waals surface area contributed by atoms with Crippen LogP contribution in [0.5, 0.6) is 0 Å². The van der Waals surface area contributed by atoms with E-state index >= 15 is 0 Å². The van der Waals surface area contributed by atoms with Crippen molar-refractivity contribution in [3.05, 3.63) is 47.8 Å². The smallest absolute Gasteiger partial charge is 0.171 e. The molecule has 1 heterocycles. The van der Waals surface area contributed by atoms with Gasteiger partial charge in [-0.3, -0.25) is 0 Å². The van der Waals surface area contributed by atoms with E-state index in [1.807, 2.05) is 11.9 Å². The van der Waals surface area contributed by atoms with Crippen molar-refractivity contribution in [2.24, 2.45) is 0 Å². The summed E-state index contributed by atoms with van der Waals surface area (Å²) in [5.74, 6) is 1.18. The average Bonchev–Trinajstić information content (AvgIpc) is 2.32. The number of benzene rings is 1. The van der Waals surface area contributed by atoms with Crippen LogP contribution in [-0.2, 0) is 6.54 Å². The van der Waals surface area contributed by atoms with Crippen molar-refractivity contribution in [3.63, 3.8) is 0 Å². The number of rotatable bonds is 3. The molecule has 2 rings (SSSR count). The first-order valence-electron chi connectivity index (χ1n) is 5.50. The van der Waals surface area contributed by atoms with Gasteiger partial charge >= 0.3 is 0 Å². The highest BCUT2D eigenvalue weighted by Gasteiger charge is 2.07. The third-order valence-electron chi connectivity index (χ3n) is 2.61. The zero-order valence-electron chi connectivity index (χ0n) is 10.1. The van der Waals surface area contributed by atoms with Crippen LogP contribution in [0.3, 0.4) is 0 Å². The SMILES string of the molecule is Cc1ccc(CN(C)c2nccnc2N)cc1. The first-order valence-corrected chi connectivity index (χ1v) is 5.50. The summed E-state index contributed by atoms with van der Waals surface area (Å²) in [6, 6.07) is 8.42. The molecule has 0 saturated heterocycles. The fraction of sp³-hybridized carbons (Fsp3) is 0.231. The van der Waals surface area contributed by atoms with Crippen LogP contribution >= 0.6 is 0 Å². The Morgan fingerprint density at radius 2 is 1.76 bits per heavy atom. The number of hydrogen-bond donors (Lipinski definition) is 1. The van der Waals surface area contributed by atoms with Gasteiger partial charge in [-0.05, 0) is 12.5 Å². The lowest BCUT2D eigenvalue weighted by Gasteiger charge is -2.19. The van der Waals surface area contributed by atoms with Gasteiger partial charge in [0.2, 0.25) is 0 Å². The summed E-state index contributed by atoms with van der Waals surface area (Å²) < 4.78 is 0. The fourth-order valence-corrected chi connectivity index (χ4v) is 1.68. The largest absolute Gasteiger partial charge is 0.381 e. The molecule has 0 amide bonds. The molecule has 4 heteroatoms. The van der Waals surface area contributed by atoms with Crippen LogP contribution < -0.4 is 10.6 Å². The molecule has 17 heavy (non-hydrogen) atoms. The lowest BCUT2D eigenvalue weighted by molar-refractivity contribution is 0.893. The summed E-state index contributed by atoms with van der Waals surface area (Å²) in [6.07, 6.45) is 3.25. The van der Waals surface area contributed by atoms with Crippen LogP contribution in [0.4, 0.5) is 11.6 Å². The van der Waals surface area contributed by atoms with Gasteiger partial charge in [-0.15, -0.1) is 0 Å². The number of anilines is 2. The van der Waals surface area contributed by atoms with E-state index in [0.717, 1.165) is 6.54 Å². The molecule has 0 fully saturated rings. The van der Waals surface area contributed by atoms with Gasteiger partial charge in [0.15, 0.2) is 11.6 Å². The predicted molar refractivity (Wildman–Crippen MR) is 69.7 cm³/mol. The first kappa shape index (κ1) is 11.4. The highest BCUT2D eigenvalue weighted by Crippen LogP contribution is 2.17. The molecule has 0 saturated carbocycles. The van der Waals surface area contributed by atoms with Crippen LogP contribution in [0.25, 0.3) is 0 Å². The van der Waals surface area contributed by atoms with Gasteiger partial charge in [-0.1, -0.05) is 29.8 Å². The molecule has 88 valence electrons. The minimum Gasteiger partial charge on any atom is -0.381 e. The molecular formula is C13H16N4. The van der Waals surface area contributed by atoms with Gasteiger partial charge in [0.1, 0.15) is 0 Å². The van der Waals surface area contributed by atoms with Crippen molar-refractivity contribution in [2.45, 2.75) is 13.5 Å². The monoisotopic (exact) mass is 228 g/mol. The highest BCUT2D eigenvalue weighted by atomic mass is 15.2. The quantitative estimate of drug-likeness (QED) is 0.873. The van der Waals surface area contributed by atoms with E-state index in [0.29, 0.717) is 11.6 Å². The molecule has 0 aliphatic rings. The molecule has 2 aromatic rings. The number of nitrogens with zero attached hydrogens (tertiary/aromatic N) is 3. The van der Waals surface area contributed by atoms with E-state index in [2.05, 4.69) is 41.2 Å². The lowest BCUT2D eigenvalue weighted by Crippen LogP contribution is -2.19. The Balaban J connectivity index is 2.14. The van der Waals surface area contributed by atoms with Gasteiger partial charge in [0, 0.05) is 26.0 Å². The molecule has 0 bridgehead atoms. The van der Waals surface area contributed by atoms with Gasteiger partial charge in [-0.2, -0.15) is 0 Å². The van der Waals surface area contributed by atoms with E-state index in [1.165, 1.54) is 11.1 Å². The third-order valence-corrected chi connectivity index (χ3v) is 2.61. The van der Waals surface area contributed by atoms with Crippen molar-refractivity contribution in [2.75, 3.05) is 17.7 Å². The van der Waals surface area contributed by atoms with E-state index in [-0.39, 0.29) is 0 Å². The third kappa shape index (κ3) is 2.72. The topological polar surface area (TPSA) is 55.0 Å². The van der Waals surface area contributed by atoms with Crippen molar-refractivity contribution >= 4 is 11.6 Å². The van der Waals surface area contributed by atoms with Crippen LogP contribution in [-0.4, -0.2) is 17.0 Å². The molecule has 0 atom stereocenters. The van der Waals surface area contributed by atoms with E-state index in [1.54, 1.807) is 12.4 Å². The number of hydrogen-bond acceptors (Lipinski definition) is 4. The maximum absolute atomic E-state index is 5.78. The minimum atomic E-state index is 0.460. The van der Waals surface area contributed by atoms with Crippen LogP contribution in [0.1, 0.15) is 11.1 Å². The number of aromatic nitrogens is 2. The maximum atomic E-state index is 5.78. The standard InChI is InChI=1S/C13H16N4/c1-10-3-5-11(6-4-10)9-17(2)13-12(14)15-7-8-16-13/h3-8H,9H2,1-2H3,(H2,14,15). The Morgan fingerprint density at radius 3 is 2.41 bits per heavy atom. The fourth-order valence-electron chi connectivity index (χ4n) is 1.68. The molecule has 0 unspecified atom stereocenters. The second-order valence-corrected chi connectivity index (χ2v) is 4.11. The van der Waals surface area contributed by atoms with Gasteiger partial charge < -0.3 is 10.6 Å². The molecule has 0 aliphatic carbocycles. The summed E-state index contributed by atoms with van der Waals surface area (Å²) in [5, 5.41) is 0.